The Kier molecular flexibility index (Phi) is 5.32. The highest BCUT2D eigenvalue weighted by Crippen LogP contribution is 1.99. The van der Waals surface area contributed by atoms with E-state index in [0.29, 0.717) is 19.4 Å². The number of hydrazine groups is 1. The minimum absolute atomic E-state index is 0.475. The van der Waals surface area contributed by atoms with E-state index >= 15 is 0 Å². The highest BCUT2D eigenvalue weighted by molar-refractivity contribution is 5.74. The van der Waals surface area contributed by atoms with E-state index in [1.807, 2.05) is 0 Å². The molecule has 64 valence electrons. The van der Waals surface area contributed by atoms with Crippen LogP contribution in [0.3, 0.4) is 0 Å². The first kappa shape index (κ1) is 10.1. The van der Waals surface area contributed by atoms with Crippen molar-refractivity contribution in [1.29, 1.82) is 0 Å². The SMILES string of the molecule is C=NC(CCCNN)C(=O)O. The number of hydrogen-bond acceptors (Lipinski definition) is 4. The summed E-state index contributed by atoms with van der Waals surface area (Å²) in [4.78, 5) is 13.8. The van der Waals surface area contributed by atoms with E-state index in [9.17, 15) is 4.79 Å². The molecule has 0 saturated heterocycles. The van der Waals surface area contributed by atoms with Crippen LogP contribution in [-0.2, 0) is 4.79 Å². The third kappa shape index (κ3) is 4.46. The van der Waals surface area contributed by atoms with Crippen LogP contribution < -0.4 is 11.3 Å². The molecule has 0 radical (unpaired) electrons. The van der Waals surface area contributed by atoms with E-state index in [-0.39, 0.29) is 0 Å². The maximum atomic E-state index is 10.3. The molecule has 0 aromatic heterocycles. The fourth-order valence-corrected chi connectivity index (χ4v) is 0.690. The van der Waals surface area contributed by atoms with Gasteiger partial charge in [0.2, 0.25) is 0 Å². The van der Waals surface area contributed by atoms with Crippen LogP contribution in [0.4, 0.5) is 0 Å². The zero-order chi connectivity index (χ0) is 8.69. The van der Waals surface area contributed by atoms with Gasteiger partial charge in [0.15, 0.2) is 0 Å². The summed E-state index contributed by atoms with van der Waals surface area (Å²) in [6, 6.07) is -0.691. The second kappa shape index (κ2) is 5.82. The molecule has 0 bridgehead atoms. The molecule has 5 nitrogen and oxygen atoms in total. The lowest BCUT2D eigenvalue weighted by Gasteiger charge is -2.04. The topological polar surface area (TPSA) is 87.7 Å². The van der Waals surface area contributed by atoms with Gasteiger partial charge in [0.05, 0.1) is 0 Å². The number of aliphatic carboxylic acids is 1. The van der Waals surface area contributed by atoms with Crippen molar-refractivity contribution in [2.45, 2.75) is 18.9 Å². The number of nitrogens with two attached hydrogens (primary N) is 1. The number of carbonyl (C=O) groups is 1. The molecule has 0 aliphatic carbocycles. The van der Waals surface area contributed by atoms with Gasteiger partial charge in [-0.3, -0.25) is 16.3 Å². The highest BCUT2D eigenvalue weighted by Gasteiger charge is 2.12. The van der Waals surface area contributed by atoms with Crippen molar-refractivity contribution in [1.82, 2.24) is 5.43 Å². The number of carboxylic acids is 1. The summed E-state index contributed by atoms with van der Waals surface area (Å²) in [5.41, 5.74) is 2.43. The van der Waals surface area contributed by atoms with Crippen LogP contribution in [0.5, 0.6) is 0 Å². The average Bonchev–Trinajstić information content (AvgIpc) is 1.97. The van der Waals surface area contributed by atoms with Gasteiger partial charge in [-0.25, -0.2) is 4.79 Å². The smallest absolute Gasteiger partial charge is 0.328 e. The fraction of sp³-hybridized carbons (Fsp3) is 0.667. The van der Waals surface area contributed by atoms with Crippen molar-refractivity contribution < 1.29 is 9.90 Å². The van der Waals surface area contributed by atoms with Gasteiger partial charge < -0.3 is 5.11 Å². The summed E-state index contributed by atoms with van der Waals surface area (Å²) in [5.74, 6) is 4.06. The van der Waals surface area contributed by atoms with E-state index in [1.165, 1.54) is 0 Å². The summed E-state index contributed by atoms with van der Waals surface area (Å²) in [6.45, 7) is 3.78. The summed E-state index contributed by atoms with van der Waals surface area (Å²) in [5, 5.41) is 8.49. The Morgan fingerprint density at radius 2 is 2.45 bits per heavy atom. The number of aliphatic imine (C=N–C) groups is 1. The number of nitrogens with zero attached hydrogens (tertiary/aromatic N) is 1. The van der Waals surface area contributed by atoms with Crippen molar-refractivity contribution in [3.63, 3.8) is 0 Å². The van der Waals surface area contributed by atoms with E-state index in [4.69, 9.17) is 10.9 Å². The summed E-state index contributed by atoms with van der Waals surface area (Å²) < 4.78 is 0. The van der Waals surface area contributed by atoms with Crippen LogP contribution >= 0.6 is 0 Å². The zero-order valence-corrected chi connectivity index (χ0v) is 6.29. The number of carboxylic acid groups (broad SMARTS) is 1. The van der Waals surface area contributed by atoms with Gasteiger partial charge in [-0.2, -0.15) is 0 Å². The number of hydrogen-bond donors (Lipinski definition) is 3. The molecule has 0 heterocycles. The lowest BCUT2D eigenvalue weighted by Crippen LogP contribution is -2.25. The number of nitrogens with one attached hydrogen (secondary N) is 1. The van der Waals surface area contributed by atoms with Crippen LogP contribution in [-0.4, -0.2) is 30.4 Å². The molecule has 0 aliphatic heterocycles. The molecular formula is C6H13N3O2. The lowest BCUT2D eigenvalue weighted by atomic mass is 10.2. The minimum atomic E-state index is -0.933. The summed E-state index contributed by atoms with van der Waals surface area (Å²) >= 11 is 0. The molecule has 0 rings (SSSR count). The molecule has 1 atom stereocenters. The molecule has 0 fully saturated rings. The third-order valence-corrected chi connectivity index (χ3v) is 1.30. The highest BCUT2D eigenvalue weighted by atomic mass is 16.4. The largest absolute Gasteiger partial charge is 0.480 e. The van der Waals surface area contributed by atoms with Gasteiger partial charge in [-0.1, -0.05) is 0 Å². The van der Waals surface area contributed by atoms with Gasteiger partial charge in [-0.05, 0) is 19.6 Å². The average molecular weight is 159 g/mol. The molecule has 0 amide bonds. The van der Waals surface area contributed by atoms with Gasteiger partial charge in [0, 0.05) is 6.54 Å². The molecule has 0 saturated carbocycles. The lowest BCUT2D eigenvalue weighted by molar-refractivity contribution is -0.138. The second-order valence-electron chi connectivity index (χ2n) is 2.13. The van der Waals surface area contributed by atoms with E-state index in [1.54, 1.807) is 0 Å². The van der Waals surface area contributed by atoms with Gasteiger partial charge in [-0.15, -0.1) is 0 Å². The zero-order valence-electron chi connectivity index (χ0n) is 6.29. The molecular weight excluding hydrogens is 146 g/mol. The minimum Gasteiger partial charge on any atom is -0.480 e. The van der Waals surface area contributed by atoms with Crippen LogP contribution in [0, 0.1) is 0 Å². The van der Waals surface area contributed by atoms with Gasteiger partial charge in [0.25, 0.3) is 0 Å². The molecule has 0 aliphatic rings. The van der Waals surface area contributed by atoms with E-state index in [0.717, 1.165) is 0 Å². The molecule has 4 N–H and O–H groups in total. The predicted molar refractivity (Wildman–Crippen MR) is 42.4 cm³/mol. The standard InChI is InChI=1S/C6H13N3O2/c1-8-5(6(10)11)3-2-4-9-7/h5,9H,1-4,7H2,(H,10,11). The second-order valence-corrected chi connectivity index (χ2v) is 2.13. The van der Waals surface area contributed by atoms with Crippen LogP contribution in [0.1, 0.15) is 12.8 Å². The van der Waals surface area contributed by atoms with Gasteiger partial charge in [0.1, 0.15) is 6.04 Å². The molecule has 5 heteroatoms. The first-order valence-corrected chi connectivity index (χ1v) is 3.34. The van der Waals surface area contributed by atoms with E-state index < -0.39 is 12.0 Å². The van der Waals surface area contributed by atoms with Gasteiger partial charge >= 0.3 is 5.97 Å². The molecule has 0 aromatic carbocycles. The van der Waals surface area contributed by atoms with Crippen molar-refractivity contribution in [3.05, 3.63) is 0 Å². The van der Waals surface area contributed by atoms with Crippen LogP contribution in [0.15, 0.2) is 4.99 Å². The molecule has 0 aromatic rings. The Morgan fingerprint density at radius 1 is 1.82 bits per heavy atom. The van der Waals surface area contributed by atoms with E-state index in [2.05, 4.69) is 17.1 Å². The first-order chi connectivity index (χ1) is 5.22. The maximum Gasteiger partial charge on any atom is 0.328 e. The van der Waals surface area contributed by atoms with Crippen molar-refractivity contribution in [2.75, 3.05) is 6.54 Å². The molecule has 0 spiro atoms. The normalized spacial score (nSPS) is 12.5. The Morgan fingerprint density at radius 3 is 2.82 bits per heavy atom. The summed E-state index contributed by atoms with van der Waals surface area (Å²) in [7, 11) is 0. The fourth-order valence-electron chi connectivity index (χ4n) is 0.690. The number of rotatable bonds is 6. The molecule has 1 unspecified atom stereocenters. The summed E-state index contributed by atoms with van der Waals surface area (Å²) in [6.07, 6.45) is 1.16. The first-order valence-electron chi connectivity index (χ1n) is 3.34. The Bertz CT molecular complexity index is 138. The Hall–Kier alpha value is -0.940. The Labute approximate surface area is 65.3 Å². The van der Waals surface area contributed by atoms with Crippen molar-refractivity contribution in [3.8, 4) is 0 Å². The van der Waals surface area contributed by atoms with Crippen molar-refractivity contribution in [2.24, 2.45) is 10.8 Å². The van der Waals surface area contributed by atoms with Crippen LogP contribution in [0.2, 0.25) is 0 Å². The van der Waals surface area contributed by atoms with Crippen LogP contribution in [0.25, 0.3) is 0 Å². The molecule has 11 heavy (non-hydrogen) atoms. The quantitative estimate of drug-likeness (QED) is 0.209. The monoisotopic (exact) mass is 159 g/mol. The predicted octanol–water partition coefficient (Wildman–Crippen LogP) is -0.616. The third-order valence-electron chi connectivity index (χ3n) is 1.30. The van der Waals surface area contributed by atoms with Crippen molar-refractivity contribution >= 4 is 12.7 Å². The Balaban J connectivity index is 3.52. The maximum absolute atomic E-state index is 10.3.